The maximum atomic E-state index is 11.1. The van der Waals surface area contributed by atoms with Gasteiger partial charge in [-0.15, -0.1) is 0 Å². The normalized spacial score (nSPS) is 14.1. The summed E-state index contributed by atoms with van der Waals surface area (Å²) in [6.45, 7) is 0.727. The zero-order valence-electron chi connectivity index (χ0n) is 16.8. The Morgan fingerprint density at radius 2 is 1.47 bits per heavy atom. The van der Waals surface area contributed by atoms with Crippen molar-refractivity contribution in [1.82, 2.24) is 14.9 Å². The van der Waals surface area contributed by atoms with Gasteiger partial charge in [0, 0.05) is 47.1 Å². The Bertz CT molecular complexity index is 1170. The first kappa shape index (κ1) is 21.9. The van der Waals surface area contributed by atoms with Crippen LogP contribution in [0.5, 0.6) is 5.88 Å². The van der Waals surface area contributed by atoms with Crippen LogP contribution in [0.3, 0.4) is 0 Å². The summed E-state index contributed by atoms with van der Waals surface area (Å²) in [7, 11) is 0. The van der Waals surface area contributed by atoms with E-state index in [9.17, 15) is 10.1 Å². The Hall–Kier alpha value is -3.34. The number of amides is 1. The fraction of sp³-hybridized carbons (Fsp3) is 0.217. The first-order valence-electron chi connectivity index (χ1n) is 9.93. The van der Waals surface area contributed by atoms with E-state index in [0.717, 1.165) is 11.1 Å². The molecule has 2 aromatic carbocycles. The number of aromatic nitrogens is 2. The van der Waals surface area contributed by atoms with E-state index in [2.05, 4.69) is 16.0 Å². The molecule has 1 aliphatic rings. The van der Waals surface area contributed by atoms with Crippen LogP contribution in [0.25, 0.3) is 22.5 Å². The second-order valence-corrected chi connectivity index (χ2v) is 8.16. The van der Waals surface area contributed by atoms with Gasteiger partial charge in [-0.05, 0) is 24.3 Å². The minimum absolute atomic E-state index is 0.0633. The van der Waals surface area contributed by atoms with Gasteiger partial charge in [-0.25, -0.2) is 14.8 Å². The van der Waals surface area contributed by atoms with Gasteiger partial charge < -0.3 is 14.7 Å². The summed E-state index contributed by atoms with van der Waals surface area (Å²) in [5.41, 5.74) is 2.65. The van der Waals surface area contributed by atoms with Crippen molar-refractivity contribution in [3.8, 4) is 34.5 Å². The zero-order valence-corrected chi connectivity index (χ0v) is 18.3. The molecule has 0 spiro atoms. The third-order valence-corrected chi connectivity index (χ3v) is 5.70. The van der Waals surface area contributed by atoms with Crippen molar-refractivity contribution in [2.24, 2.45) is 0 Å². The molecule has 1 saturated heterocycles. The Morgan fingerprint density at radius 1 is 0.969 bits per heavy atom. The van der Waals surface area contributed by atoms with Crippen LogP contribution < -0.4 is 4.74 Å². The van der Waals surface area contributed by atoms with Crippen molar-refractivity contribution in [1.29, 1.82) is 5.26 Å². The predicted octanol–water partition coefficient (Wildman–Crippen LogP) is 5.51. The molecule has 7 nitrogen and oxygen atoms in total. The molecule has 1 amide bonds. The number of carboxylic acid groups (broad SMARTS) is 1. The van der Waals surface area contributed by atoms with Gasteiger partial charge in [0.1, 0.15) is 17.9 Å². The minimum Gasteiger partial charge on any atom is -0.472 e. The molecule has 1 aromatic heterocycles. The van der Waals surface area contributed by atoms with Gasteiger partial charge in [0.05, 0.1) is 5.69 Å². The number of hydrogen-bond acceptors (Lipinski definition) is 5. The predicted molar refractivity (Wildman–Crippen MR) is 121 cm³/mol. The minimum atomic E-state index is -0.946. The van der Waals surface area contributed by atoms with Crippen LogP contribution in [0.1, 0.15) is 18.5 Å². The second-order valence-electron chi connectivity index (χ2n) is 7.29. The number of piperidine rings is 1. The standard InChI is InChI=1S/C23H18Cl2N4O3/c24-16-5-1-14(2-6-16)20-21(15-3-7-17(25)8-4-15)28-22(19(13-26)27-20)32-18-9-11-29(12-10-18)23(30)31/h1-8,18H,9-12H2,(H,30,31). The van der Waals surface area contributed by atoms with Gasteiger partial charge in [0.2, 0.25) is 5.69 Å². The molecule has 0 atom stereocenters. The van der Waals surface area contributed by atoms with Crippen LogP contribution in [0, 0.1) is 11.3 Å². The Kier molecular flexibility index (Phi) is 6.45. The summed E-state index contributed by atoms with van der Waals surface area (Å²) in [4.78, 5) is 21.7. The maximum absolute atomic E-state index is 11.1. The van der Waals surface area contributed by atoms with E-state index < -0.39 is 6.09 Å². The number of likely N-dealkylation sites (tertiary alicyclic amines) is 1. The van der Waals surface area contributed by atoms with Crippen LogP contribution in [-0.2, 0) is 0 Å². The molecule has 3 aromatic rings. The van der Waals surface area contributed by atoms with Gasteiger partial charge in [-0.2, -0.15) is 5.26 Å². The van der Waals surface area contributed by atoms with E-state index in [1.807, 2.05) is 24.3 Å². The van der Waals surface area contributed by atoms with Crippen LogP contribution in [0.15, 0.2) is 48.5 Å². The van der Waals surface area contributed by atoms with E-state index in [4.69, 9.17) is 33.0 Å². The molecule has 32 heavy (non-hydrogen) atoms. The molecule has 2 heterocycles. The fourth-order valence-electron chi connectivity index (χ4n) is 3.52. The maximum Gasteiger partial charge on any atom is 0.407 e. The van der Waals surface area contributed by atoms with Gasteiger partial charge in [-0.1, -0.05) is 47.5 Å². The van der Waals surface area contributed by atoms with Gasteiger partial charge in [0.25, 0.3) is 5.88 Å². The van der Waals surface area contributed by atoms with E-state index in [1.54, 1.807) is 24.3 Å². The first-order valence-corrected chi connectivity index (χ1v) is 10.7. The molecule has 162 valence electrons. The average Bonchev–Trinajstić information content (AvgIpc) is 2.80. The molecule has 0 saturated carbocycles. The quantitative estimate of drug-likeness (QED) is 0.541. The zero-order chi connectivity index (χ0) is 22.7. The highest BCUT2D eigenvalue weighted by Gasteiger charge is 2.26. The summed E-state index contributed by atoms with van der Waals surface area (Å²) >= 11 is 12.1. The first-order chi connectivity index (χ1) is 15.4. The molecule has 0 bridgehead atoms. The van der Waals surface area contributed by atoms with E-state index in [0.29, 0.717) is 47.4 Å². The highest BCUT2D eigenvalue weighted by atomic mass is 35.5. The van der Waals surface area contributed by atoms with E-state index in [1.165, 1.54) is 4.90 Å². The van der Waals surface area contributed by atoms with Crippen molar-refractivity contribution in [2.45, 2.75) is 18.9 Å². The number of hydrogen-bond donors (Lipinski definition) is 1. The molecule has 0 radical (unpaired) electrons. The highest BCUT2D eigenvalue weighted by Crippen LogP contribution is 2.34. The smallest absolute Gasteiger partial charge is 0.407 e. The molecule has 0 aliphatic carbocycles. The number of ether oxygens (including phenoxy) is 1. The molecule has 0 unspecified atom stereocenters. The van der Waals surface area contributed by atoms with E-state index >= 15 is 0 Å². The molecule has 4 rings (SSSR count). The van der Waals surface area contributed by atoms with Crippen LogP contribution in [0.4, 0.5) is 4.79 Å². The number of carbonyl (C=O) groups is 1. The summed E-state index contributed by atoms with van der Waals surface area (Å²) in [5, 5.41) is 20.0. The lowest BCUT2D eigenvalue weighted by molar-refractivity contribution is 0.0867. The van der Waals surface area contributed by atoms with Crippen molar-refractivity contribution in [3.63, 3.8) is 0 Å². The lowest BCUT2D eigenvalue weighted by Gasteiger charge is -2.30. The SMILES string of the molecule is N#Cc1nc(-c2ccc(Cl)cc2)c(-c2ccc(Cl)cc2)nc1OC1CCN(C(=O)O)CC1. The lowest BCUT2D eigenvalue weighted by Crippen LogP contribution is -2.41. The Labute approximate surface area is 194 Å². The fourth-order valence-corrected chi connectivity index (χ4v) is 3.77. The number of halogens is 2. The third-order valence-electron chi connectivity index (χ3n) is 5.20. The van der Waals surface area contributed by atoms with Crippen molar-refractivity contribution >= 4 is 29.3 Å². The summed E-state index contributed by atoms with van der Waals surface area (Å²) in [6, 6.07) is 16.4. The highest BCUT2D eigenvalue weighted by molar-refractivity contribution is 6.31. The second kappa shape index (κ2) is 9.43. The van der Waals surface area contributed by atoms with Gasteiger partial charge >= 0.3 is 6.09 Å². The Balaban J connectivity index is 1.74. The monoisotopic (exact) mass is 468 g/mol. The van der Waals surface area contributed by atoms with Gasteiger partial charge in [0.15, 0.2) is 0 Å². The van der Waals surface area contributed by atoms with Crippen molar-refractivity contribution < 1.29 is 14.6 Å². The van der Waals surface area contributed by atoms with E-state index in [-0.39, 0.29) is 17.7 Å². The third kappa shape index (κ3) is 4.77. The van der Waals surface area contributed by atoms with Gasteiger partial charge in [-0.3, -0.25) is 0 Å². The van der Waals surface area contributed by atoms with Crippen LogP contribution in [-0.4, -0.2) is 45.3 Å². The van der Waals surface area contributed by atoms with Crippen molar-refractivity contribution in [3.05, 3.63) is 64.3 Å². The molecule has 9 heteroatoms. The van der Waals surface area contributed by atoms with Crippen LogP contribution in [0.2, 0.25) is 10.0 Å². The molecule has 1 aliphatic heterocycles. The van der Waals surface area contributed by atoms with Crippen LogP contribution >= 0.6 is 23.2 Å². The molecule has 1 N–H and O–H groups in total. The largest absolute Gasteiger partial charge is 0.472 e. The summed E-state index contributed by atoms with van der Waals surface area (Å²) in [5.74, 6) is 0.129. The molecule has 1 fully saturated rings. The average molecular weight is 469 g/mol. The number of rotatable bonds is 4. The van der Waals surface area contributed by atoms with Crippen molar-refractivity contribution in [2.75, 3.05) is 13.1 Å². The molecular formula is C23H18Cl2N4O3. The molecular weight excluding hydrogens is 451 g/mol. The summed E-state index contributed by atoms with van der Waals surface area (Å²) in [6.07, 6.45) is -0.188. The number of nitrogens with zero attached hydrogens (tertiary/aromatic N) is 4. The summed E-state index contributed by atoms with van der Waals surface area (Å²) < 4.78 is 6.04. The number of benzene rings is 2. The Morgan fingerprint density at radius 3 is 1.94 bits per heavy atom. The lowest BCUT2D eigenvalue weighted by atomic mass is 10.0. The number of nitriles is 1. The topological polar surface area (TPSA) is 99.3 Å².